The highest BCUT2D eigenvalue weighted by Gasteiger charge is 2.62. The number of amides is 1. The number of nitrogens with two attached hydrogens (primary N) is 1. The largest absolute Gasteiger partial charge is 0.445 e. The molecule has 7 rings (SSSR count). The van der Waals surface area contributed by atoms with E-state index in [1.54, 1.807) is 6.33 Å². The Morgan fingerprint density at radius 1 is 1.24 bits per heavy atom. The van der Waals surface area contributed by atoms with Crippen molar-refractivity contribution in [1.82, 2.24) is 19.5 Å². The second-order valence-electron chi connectivity index (χ2n) is 10.7. The summed E-state index contributed by atoms with van der Waals surface area (Å²) in [5.74, 6) is 5.79. The van der Waals surface area contributed by atoms with Gasteiger partial charge in [-0.25, -0.2) is 9.78 Å². The Kier molecular flexibility index (Phi) is 7.14. The van der Waals surface area contributed by atoms with E-state index in [0.717, 1.165) is 55.2 Å². The summed E-state index contributed by atoms with van der Waals surface area (Å²) in [6.45, 7) is 0.172. The molecule has 220 valence electrons. The second-order valence-corrected chi connectivity index (χ2v) is 11.2. The third-order valence-corrected chi connectivity index (χ3v) is 7.61. The van der Waals surface area contributed by atoms with E-state index in [-0.39, 0.29) is 46.7 Å². The Morgan fingerprint density at radius 2 is 2.02 bits per heavy atom. The maximum Gasteiger partial charge on any atom is 0.445 e. The summed E-state index contributed by atoms with van der Waals surface area (Å²) in [5, 5.41) is 15.0. The lowest BCUT2D eigenvalue weighted by molar-refractivity contribution is -0.239. The minimum Gasteiger partial charge on any atom is -0.415 e. The molecule has 0 radical (unpaired) electrons. The average Bonchev–Trinajstić information content (AvgIpc) is 3.85. The van der Waals surface area contributed by atoms with Gasteiger partial charge in [-0.3, -0.25) is 5.32 Å². The number of carbonyl (C=O) groups excluding carboxylic acids is 1. The third-order valence-electron chi connectivity index (χ3n) is 7.37. The van der Waals surface area contributed by atoms with Gasteiger partial charge < -0.3 is 25.5 Å². The zero-order valence-electron chi connectivity index (χ0n) is 22.2. The van der Waals surface area contributed by atoms with Crippen LogP contribution in [0.25, 0.3) is 11.2 Å². The standard InChI is InChI=1S/C14H9ClF3NO2.C14H18N6O/c15-9-3-4-11-10(7-9)13(14(16,17)18,21-12(20)19-11)6-5-8-1-2-8;15-14-18-12(17-9-2-3-9)11-13(19-14)20(7-16-11)10-4-1-8(5-10)6-21/h3-4,7-8H,1-2H2,(H,19,20);1,4,7-10,21H,2-3,5-6H2,(H3,15,17,18,19)/t13-;8-,10+/m01/s1. The van der Waals surface area contributed by atoms with E-state index in [1.807, 2.05) is 10.6 Å². The van der Waals surface area contributed by atoms with Crippen molar-refractivity contribution in [3.05, 3.63) is 47.3 Å². The number of cyclic esters (lactones) is 1. The number of ether oxygens (including phenoxy) is 1. The van der Waals surface area contributed by atoms with Crippen LogP contribution in [-0.4, -0.2) is 49.5 Å². The number of rotatable bonds is 4. The lowest BCUT2D eigenvalue weighted by Gasteiger charge is -2.35. The Labute approximate surface area is 243 Å². The van der Waals surface area contributed by atoms with Gasteiger partial charge in [0.2, 0.25) is 5.95 Å². The Balaban J connectivity index is 0.000000150. The van der Waals surface area contributed by atoms with Crippen molar-refractivity contribution in [2.45, 2.75) is 56.0 Å². The minimum absolute atomic E-state index is 0.00179. The molecule has 3 aromatic rings. The first-order valence-corrected chi connectivity index (χ1v) is 13.9. The first-order chi connectivity index (χ1) is 20.1. The summed E-state index contributed by atoms with van der Waals surface area (Å²) < 4.78 is 47.4. The molecule has 2 saturated carbocycles. The van der Waals surface area contributed by atoms with Crippen molar-refractivity contribution in [2.75, 3.05) is 23.0 Å². The van der Waals surface area contributed by atoms with E-state index in [1.165, 1.54) is 12.1 Å². The summed E-state index contributed by atoms with van der Waals surface area (Å²) in [4.78, 5) is 24.6. The fraction of sp³-hybridized carbons (Fsp3) is 0.429. The number of imidazole rings is 1. The molecule has 0 unspecified atom stereocenters. The maximum absolute atomic E-state index is 13.6. The quantitative estimate of drug-likeness (QED) is 0.237. The molecule has 10 nitrogen and oxygen atoms in total. The van der Waals surface area contributed by atoms with Crippen LogP contribution in [0, 0.1) is 23.7 Å². The van der Waals surface area contributed by atoms with Crippen LogP contribution < -0.4 is 16.4 Å². The highest BCUT2D eigenvalue weighted by atomic mass is 35.5. The fourth-order valence-electron chi connectivity index (χ4n) is 4.84. The Bertz CT molecular complexity index is 1620. The number of aliphatic hydroxyl groups is 1. The molecule has 42 heavy (non-hydrogen) atoms. The molecule has 1 aromatic carbocycles. The predicted octanol–water partition coefficient (Wildman–Crippen LogP) is 5.17. The number of benzene rings is 1. The smallest absolute Gasteiger partial charge is 0.415 e. The SMILES string of the molecule is Nc1nc(NC2CC2)c2ncn([C@H]3C=C[C@@H](CO)C3)c2n1.O=C1Nc2ccc(Cl)cc2[C@@](C#CC2CC2)(C(F)(F)F)O1. The summed E-state index contributed by atoms with van der Waals surface area (Å²) in [7, 11) is 0. The monoisotopic (exact) mass is 601 g/mol. The van der Waals surface area contributed by atoms with Gasteiger partial charge in [0.1, 0.15) is 0 Å². The topological polar surface area (TPSA) is 140 Å². The number of carbonyl (C=O) groups is 1. The van der Waals surface area contributed by atoms with E-state index >= 15 is 0 Å². The number of aliphatic hydroxyl groups excluding tert-OH is 1. The molecule has 3 atom stereocenters. The number of nitrogens with zero attached hydrogens (tertiary/aromatic N) is 4. The van der Waals surface area contributed by atoms with E-state index in [2.05, 4.69) is 48.2 Å². The lowest BCUT2D eigenvalue weighted by Crippen LogP contribution is -2.49. The summed E-state index contributed by atoms with van der Waals surface area (Å²) in [6, 6.07) is 4.46. The third kappa shape index (κ3) is 5.56. The summed E-state index contributed by atoms with van der Waals surface area (Å²) >= 11 is 5.78. The van der Waals surface area contributed by atoms with Crippen LogP contribution in [0.4, 0.5) is 35.4 Å². The van der Waals surface area contributed by atoms with Gasteiger partial charge in [-0.05, 0) is 56.2 Å². The number of nitrogen functional groups attached to an aromatic ring is 1. The molecule has 0 saturated heterocycles. The van der Waals surface area contributed by atoms with E-state index < -0.39 is 17.9 Å². The van der Waals surface area contributed by atoms with Crippen molar-refractivity contribution < 1.29 is 27.8 Å². The molecule has 0 bridgehead atoms. The molecular weight excluding hydrogens is 575 g/mol. The van der Waals surface area contributed by atoms with Crippen LogP contribution in [0.5, 0.6) is 0 Å². The normalized spacial score (nSPS) is 24.5. The summed E-state index contributed by atoms with van der Waals surface area (Å²) in [6.07, 6.45) is 4.57. The Morgan fingerprint density at radius 3 is 2.69 bits per heavy atom. The molecule has 14 heteroatoms. The number of aromatic nitrogens is 4. The highest BCUT2D eigenvalue weighted by molar-refractivity contribution is 6.30. The first kappa shape index (κ1) is 28.1. The van der Waals surface area contributed by atoms with Crippen molar-refractivity contribution in [2.24, 2.45) is 11.8 Å². The highest BCUT2D eigenvalue weighted by Crippen LogP contribution is 2.48. The van der Waals surface area contributed by atoms with Gasteiger partial charge in [0.05, 0.1) is 18.1 Å². The van der Waals surface area contributed by atoms with E-state index in [9.17, 15) is 23.1 Å². The van der Waals surface area contributed by atoms with Gasteiger partial charge in [0.15, 0.2) is 17.0 Å². The maximum atomic E-state index is 13.6. The molecule has 3 aliphatic carbocycles. The van der Waals surface area contributed by atoms with Crippen molar-refractivity contribution in [3.8, 4) is 11.8 Å². The number of hydrogen-bond donors (Lipinski definition) is 4. The number of hydrogen-bond acceptors (Lipinski definition) is 8. The molecular formula is C28H27ClF3N7O3. The van der Waals surface area contributed by atoms with Crippen LogP contribution in [0.1, 0.15) is 43.7 Å². The number of allylic oxidation sites excluding steroid dienone is 1. The molecule has 5 N–H and O–H groups in total. The van der Waals surface area contributed by atoms with Crippen LogP contribution in [-0.2, 0) is 10.3 Å². The van der Waals surface area contributed by atoms with Crippen LogP contribution in [0.3, 0.4) is 0 Å². The number of halogens is 4. The van der Waals surface area contributed by atoms with Crippen molar-refractivity contribution >= 4 is 46.3 Å². The first-order valence-electron chi connectivity index (χ1n) is 13.5. The Hall–Kier alpha value is -4.02. The van der Waals surface area contributed by atoms with Crippen LogP contribution >= 0.6 is 11.6 Å². The van der Waals surface area contributed by atoms with E-state index in [0.29, 0.717) is 6.04 Å². The predicted molar refractivity (Wildman–Crippen MR) is 150 cm³/mol. The number of anilines is 3. The van der Waals surface area contributed by atoms with Crippen LogP contribution in [0.15, 0.2) is 36.7 Å². The number of nitrogens with one attached hydrogen (secondary N) is 2. The molecule has 1 amide bonds. The molecule has 2 fully saturated rings. The zero-order valence-corrected chi connectivity index (χ0v) is 22.9. The van der Waals surface area contributed by atoms with Gasteiger partial charge in [0.25, 0.3) is 5.60 Å². The molecule has 2 aromatic heterocycles. The zero-order chi connectivity index (χ0) is 29.6. The molecule has 4 aliphatic rings. The minimum atomic E-state index is -4.87. The molecule has 1 aliphatic heterocycles. The van der Waals surface area contributed by atoms with Crippen molar-refractivity contribution in [3.63, 3.8) is 0 Å². The lowest BCUT2D eigenvalue weighted by atomic mass is 9.90. The summed E-state index contributed by atoms with van der Waals surface area (Å²) in [5.41, 5.74) is 4.08. The average molecular weight is 602 g/mol. The number of alkyl halides is 3. The van der Waals surface area contributed by atoms with Gasteiger partial charge in [-0.2, -0.15) is 23.1 Å². The fourth-order valence-corrected chi connectivity index (χ4v) is 5.02. The van der Waals surface area contributed by atoms with E-state index in [4.69, 9.17) is 17.3 Å². The van der Waals surface area contributed by atoms with Crippen LogP contribution in [0.2, 0.25) is 5.02 Å². The molecule has 0 spiro atoms. The van der Waals surface area contributed by atoms with Gasteiger partial charge in [0, 0.05) is 35.1 Å². The second kappa shape index (κ2) is 10.7. The van der Waals surface area contributed by atoms with Gasteiger partial charge in [-0.15, -0.1) is 0 Å². The van der Waals surface area contributed by atoms with Crippen molar-refractivity contribution in [1.29, 1.82) is 0 Å². The van der Waals surface area contributed by atoms with Gasteiger partial charge >= 0.3 is 12.3 Å². The molecule has 3 heterocycles. The number of fused-ring (bicyclic) bond motifs is 2. The van der Waals surface area contributed by atoms with Gasteiger partial charge in [-0.1, -0.05) is 29.7 Å².